The third kappa shape index (κ3) is 5.61. The lowest BCUT2D eigenvalue weighted by Gasteiger charge is -2.42. The second-order valence-electron chi connectivity index (χ2n) is 8.05. The molecule has 128 valence electrons. The summed E-state index contributed by atoms with van der Waals surface area (Å²) >= 11 is 0. The second kappa shape index (κ2) is 8.30. The highest BCUT2D eigenvalue weighted by atomic mass is 28.4. The summed E-state index contributed by atoms with van der Waals surface area (Å²) in [4.78, 5) is 0. The van der Waals surface area contributed by atoms with Crippen LogP contribution in [0.1, 0.15) is 50.5 Å². The molecule has 0 heterocycles. The zero-order valence-electron chi connectivity index (χ0n) is 15.3. The molecule has 1 fully saturated rings. The predicted molar refractivity (Wildman–Crippen MR) is 103 cm³/mol. The third-order valence-corrected chi connectivity index (χ3v) is 6.01. The molecule has 23 heavy (non-hydrogen) atoms. The van der Waals surface area contributed by atoms with Crippen LogP contribution in [0.2, 0.25) is 19.6 Å². The van der Waals surface area contributed by atoms with E-state index in [0.29, 0.717) is 5.92 Å². The molecule has 1 aliphatic carbocycles. The van der Waals surface area contributed by atoms with Gasteiger partial charge in [0.25, 0.3) is 0 Å². The average Bonchev–Trinajstić information content (AvgIpc) is 2.70. The molecule has 0 N–H and O–H groups in total. The fourth-order valence-corrected chi connectivity index (χ4v) is 5.51. The van der Waals surface area contributed by atoms with Crippen LogP contribution in [0, 0.1) is 5.92 Å². The van der Waals surface area contributed by atoms with Gasteiger partial charge in [-0.1, -0.05) is 55.7 Å². The van der Waals surface area contributed by atoms with Crippen molar-refractivity contribution < 1.29 is 4.43 Å². The van der Waals surface area contributed by atoms with Crippen molar-refractivity contribution in [2.24, 2.45) is 5.92 Å². The van der Waals surface area contributed by atoms with Gasteiger partial charge in [0.2, 0.25) is 0 Å². The molecule has 1 nitrogen and oxygen atoms in total. The van der Waals surface area contributed by atoms with Gasteiger partial charge in [-0.05, 0) is 63.2 Å². The Balaban J connectivity index is 2.03. The summed E-state index contributed by atoms with van der Waals surface area (Å²) in [6, 6.07) is 10.9. The van der Waals surface area contributed by atoms with Crippen molar-refractivity contribution in [3.05, 3.63) is 48.6 Å². The van der Waals surface area contributed by atoms with E-state index < -0.39 is 8.32 Å². The van der Waals surface area contributed by atoms with Gasteiger partial charge in [-0.2, -0.15) is 0 Å². The molecular weight excluding hydrogens is 296 g/mol. The van der Waals surface area contributed by atoms with Crippen LogP contribution in [0.25, 0.3) is 0 Å². The van der Waals surface area contributed by atoms with Gasteiger partial charge in [0.05, 0.1) is 5.60 Å². The Morgan fingerprint density at radius 1 is 1.17 bits per heavy atom. The molecule has 2 heteroatoms. The zero-order chi connectivity index (χ0) is 16.8. The summed E-state index contributed by atoms with van der Waals surface area (Å²) < 4.78 is 6.73. The van der Waals surface area contributed by atoms with Gasteiger partial charge in [-0.25, -0.2) is 0 Å². The van der Waals surface area contributed by atoms with Crippen LogP contribution < -0.4 is 0 Å². The van der Waals surface area contributed by atoms with E-state index in [-0.39, 0.29) is 5.60 Å². The lowest BCUT2D eigenvalue weighted by molar-refractivity contribution is 0.0352. The first kappa shape index (κ1) is 18.5. The van der Waals surface area contributed by atoms with E-state index in [0.717, 1.165) is 6.42 Å². The van der Waals surface area contributed by atoms with Gasteiger partial charge >= 0.3 is 0 Å². The monoisotopic (exact) mass is 330 g/mol. The number of rotatable bonds is 7. The maximum Gasteiger partial charge on any atom is 0.184 e. The SMILES string of the molecule is C=C[C@@]1(O[Si](C)(C)C)CCCCC[C@@H]1CCCc1ccccc1. The largest absolute Gasteiger partial charge is 0.408 e. The van der Waals surface area contributed by atoms with E-state index in [1.165, 1.54) is 50.5 Å². The molecule has 0 aromatic heterocycles. The molecule has 0 unspecified atom stereocenters. The molecule has 1 aromatic rings. The number of benzene rings is 1. The summed E-state index contributed by atoms with van der Waals surface area (Å²) in [5, 5.41) is 0. The molecule has 1 aliphatic rings. The topological polar surface area (TPSA) is 9.23 Å². The van der Waals surface area contributed by atoms with E-state index in [9.17, 15) is 0 Å². The van der Waals surface area contributed by atoms with Gasteiger partial charge in [0.1, 0.15) is 0 Å². The Bertz CT molecular complexity index is 476. The van der Waals surface area contributed by atoms with Crippen LogP contribution in [0.3, 0.4) is 0 Å². The Labute approximate surface area is 144 Å². The van der Waals surface area contributed by atoms with Crippen molar-refractivity contribution in [1.82, 2.24) is 0 Å². The van der Waals surface area contributed by atoms with Crippen LogP contribution in [0.15, 0.2) is 43.0 Å². The number of hydrogen-bond donors (Lipinski definition) is 0. The molecule has 0 amide bonds. The first-order valence-corrected chi connectivity index (χ1v) is 12.7. The molecule has 0 spiro atoms. The lowest BCUT2D eigenvalue weighted by Crippen LogP contribution is -2.46. The van der Waals surface area contributed by atoms with Crippen molar-refractivity contribution in [1.29, 1.82) is 0 Å². The summed E-state index contributed by atoms with van der Waals surface area (Å²) in [6.45, 7) is 11.1. The Morgan fingerprint density at radius 2 is 1.91 bits per heavy atom. The van der Waals surface area contributed by atoms with Crippen LogP contribution in [0.4, 0.5) is 0 Å². The highest BCUT2D eigenvalue weighted by Crippen LogP contribution is 2.41. The van der Waals surface area contributed by atoms with Gasteiger partial charge in [0.15, 0.2) is 8.32 Å². The van der Waals surface area contributed by atoms with Gasteiger partial charge in [-0.15, -0.1) is 6.58 Å². The molecule has 0 saturated heterocycles. The summed E-state index contributed by atoms with van der Waals surface area (Å²) in [5.74, 6) is 0.637. The molecule has 0 bridgehead atoms. The lowest BCUT2D eigenvalue weighted by atomic mass is 9.80. The van der Waals surface area contributed by atoms with Crippen LogP contribution in [-0.2, 0) is 10.8 Å². The van der Waals surface area contributed by atoms with Gasteiger partial charge in [0, 0.05) is 0 Å². The molecule has 2 atom stereocenters. The number of aryl methyl sites for hydroxylation is 1. The van der Waals surface area contributed by atoms with Crippen molar-refractivity contribution >= 4 is 8.32 Å². The third-order valence-electron chi connectivity index (χ3n) is 5.01. The van der Waals surface area contributed by atoms with E-state index in [2.05, 4.69) is 62.6 Å². The van der Waals surface area contributed by atoms with Crippen molar-refractivity contribution in [3.63, 3.8) is 0 Å². The average molecular weight is 331 g/mol. The molecule has 0 radical (unpaired) electrons. The zero-order valence-corrected chi connectivity index (χ0v) is 16.3. The fraction of sp³-hybridized carbons (Fsp3) is 0.619. The highest BCUT2D eigenvalue weighted by molar-refractivity contribution is 6.69. The Morgan fingerprint density at radius 3 is 2.57 bits per heavy atom. The minimum atomic E-state index is -1.58. The first-order valence-electron chi connectivity index (χ1n) is 9.33. The minimum Gasteiger partial charge on any atom is -0.408 e. The molecular formula is C21H34OSi. The highest BCUT2D eigenvalue weighted by Gasteiger charge is 2.40. The normalized spacial score (nSPS) is 25.8. The van der Waals surface area contributed by atoms with Crippen LogP contribution in [-0.4, -0.2) is 13.9 Å². The summed E-state index contributed by atoms with van der Waals surface area (Å²) in [6.07, 6.45) is 12.3. The van der Waals surface area contributed by atoms with Gasteiger partial charge in [-0.3, -0.25) is 0 Å². The quantitative estimate of drug-likeness (QED) is 0.321. The first-order chi connectivity index (χ1) is 11.0. The van der Waals surface area contributed by atoms with Crippen molar-refractivity contribution in [2.75, 3.05) is 0 Å². The van der Waals surface area contributed by atoms with E-state index in [1.54, 1.807) is 0 Å². The summed E-state index contributed by atoms with van der Waals surface area (Å²) in [5.41, 5.74) is 1.38. The van der Waals surface area contributed by atoms with Crippen LogP contribution >= 0.6 is 0 Å². The van der Waals surface area contributed by atoms with Crippen LogP contribution in [0.5, 0.6) is 0 Å². The number of hydrogen-bond acceptors (Lipinski definition) is 1. The molecule has 2 rings (SSSR count). The maximum absolute atomic E-state index is 6.73. The van der Waals surface area contributed by atoms with Crippen molar-refractivity contribution in [2.45, 2.75) is 76.6 Å². The molecule has 1 aromatic carbocycles. The minimum absolute atomic E-state index is 0.0718. The molecule has 0 aliphatic heterocycles. The summed E-state index contributed by atoms with van der Waals surface area (Å²) in [7, 11) is -1.58. The smallest absolute Gasteiger partial charge is 0.184 e. The molecule has 1 saturated carbocycles. The predicted octanol–water partition coefficient (Wildman–Crippen LogP) is 6.37. The van der Waals surface area contributed by atoms with E-state index >= 15 is 0 Å². The van der Waals surface area contributed by atoms with Crippen molar-refractivity contribution in [3.8, 4) is 0 Å². The fourth-order valence-electron chi connectivity index (χ4n) is 4.02. The Kier molecular flexibility index (Phi) is 6.67. The van der Waals surface area contributed by atoms with Gasteiger partial charge < -0.3 is 4.43 Å². The maximum atomic E-state index is 6.73. The Hall–Kier alpha value is -0.863. The van der Waals surface area contributed by atoms with E-state index in [1.807, 2.05) is 0 Å². The second-order valence-corrected chi connectivity index (χ2v) is 12.5. The standard InChI is InChI=1S/C21H34OSi/c1-5-21(22-23(2,3)4)18-11-7-10-16-20(21)17-12-15-19-13-8-6-9-14-19/h5-6,8-9,13-14,20H,1,7,10-12,15-18H2,2-4H3/t20-,21-/m1/s1. The van der Waals surface area contributed by atoms with E-state index in [4.69, 9.17) is 4.43 Å².